The summed E-state index contributed by atoms with van der Waals surface area (Å²) in [6.45, 7) is 5.98. The second kappa shape index (κ2) is 3.52. The minimum absolute atomic E-state index is 0.542. The Balaban J connectivity index is 2.36. The van der Waals surface area contributed by atoms with Gasteiger partial charge < -0.3 is 5.21 Å². The summed E-state index contributed by atoms with van der Waals surface area (Å²) in [5, 5.41) is 10.5. The van der Waals surface area contributed by atoms with Crippen molar-refractivity contribution in [3.63, 3.8) is 0 Å². The number of nitrogens with zero attached hydrogens (tertiary/aromatic N) is 2. The molecule has 3 nitrogen and oxygen atoms in total. The van der Waals surface area contributed by atoms with E-state index < -0.39 is 0 Å². The Morgan fingerprint density at radius 1 is 1.55 bits per heavy atom. The van der Waals surface area contributed by atoms with E-state index in [0.717, 1.165) is 19.5 Å². The van der Waals surface area contributed by atoms with Crippen LogP contribution in [0.3, 0.4) is 0 Å². The average molecular weight is 158 g/mol. The second-order valence-corrected chi connectivity index (χ2v) is 3.61. The second-order valence-electron chi connectivity index (χ2n) is 3.61. The average Bonchev–Trinajstić information content (AvgIpc) is 2.34. The summed E-state index contributed by atoms with van der Waals surface area (Å²) < 4.78 is 0. The first-order valence-corrected chi connectivity index (χ1v) is 4.27. The van der Waals surface area contributed by atoms with Crippen molar-refractivity contribution in [1.29, 1.82) is 0 Å². The van der Waals surface area contributed by atoms with Crippen LogP contribution in [-0.4, -0.2) is 47.4 Å². The van der Waals surface area contributed by atoms with E-state index in [1.807, 2.05) is 0 Å². The highest BCUT2D eigenvalue weighted by atomic mass is 16.5. The van der Waals surface area contributed by atoms with E-state index in [1.54, 1.807) is 0 Å². The Kier molecular flexibility index (Phi) is 2.87. The Morgan fingerprint density at radius 3 is 2.55 bits per heavy atom. The van der Waals surface area contributed by atoms with Crippen LogP contribution < -0.4 is 0 Å². The van der Waals surface area contributed by atoms with Gasteiger partial charge in [0, 0.05) is 25.2 Å². The van der Waals surface area contributed by atoms with Crippen molar-refractivity contribution in [3.05, 3.63) is 0 Å². The molecule has 0 radical (unpaired) electrons. The molecule has 0 aromatic rings. The van der Waals surface area contributed by atoms with E-state index in [0.29, 0.717) is 12.1 Å². The van der Waals surface area contributed by atoms with Gasteiger partial charge in [0.25, 0.3) is 0 Å². The Labute approximate surface area is 68.6 Å². The molecule has 0 aliphatic carbocycles. The van der Waals surface area contributed by atoms with Crippen LogP contribution >= 0.6 is 0 Å². The Hall–Kier alpha value is -0.120. The summed E-state index contributed by atoms with van der Waals surface area (Å²) in [7, 11) is 2.12. The SMILES string of the molecule is CC(C)N(C)C1CCN(O)C1. The van der Waals surface area contributed by atoms with Crippen molar-refractivity contribution in [1.82, 2.24) is 9.96 Å². The van der Waals surface area contributed by atoms with E-state index in [-0.39, 0.29) is 0 Å². The van der Waals surface area contributed by atoms with Gasteiger partial charge in [-0.3, -0.25) is 4.90 Å². The van der Waals surface area contributed by atoms with Gasteiger partial charge in [0.15, 0.2) is 0 Å². The minimum atomic E-state index is 0.542. The smallest absolute Gasteiger partial charge is 0.0394 e. The van der Waals surface area contributed by atoms with Crippen molar-refractivity contribution in [3.8, 4) is 0 Å². The molecule has 0 bridgehead atoms. The number of hydrogen-bond donors (Lipinski definition) is 1. The molecule has 1 unspecified atom stereocenters. The lowest BCUT2D eigenvalue weighted by molar-refractivity contribution is -0.0733. The molecule has 1 fully saturated rings. The summed E-state index contributed by atoms with van der Waals surface area (Å²) in [6, 6.07) is 1.12. The molecule has 66 valence electrons. The fraction of sp³-hybridized carbons (Fsp3) is 1.00. The number of rotatable bonds is 2. The highest BCUT2D eigenvalue weighted by Gasteiger charge is 2.25. The molecule has 0 spiro atoms. The molecule has 1 atom stereocenters. The summed E-state index contributed by atoms with van der Waals surface area (Å²) in [5.74, 6) is 0. The minimum Gasteiger partial charge on any atom is -0.314 e. The molecular formula is C8H18N2O. The first-order chi connectivity index (χ1) is 5.11. The van der Waals surface area contributed by atoms with E-state index in [1.165, 1.54) is 5.06 Å². The number of likely N-dealkylation sites (N-methyl/N-ethyl adjacent to an activating group) is 1. The van der Waals surface area contributed by atoms with Crippen molar-refractivity contribution < 1.29 is 5.21 Å². The third-order valence-corrected chi connectivity index (χ3v) is 2.53. The number of hydroxylamine groups is 2. The topological polar surface area (TPSA) is 26.7 Å². The van der Waals surface area contributed by atoms with Gasteiger partial charge in [0.05, 0.1) is 0 Å². The maximum atomic E-state index is 9.14. The zero-order valence-electron chi connectivity index (χ0n) is 7.62. The van der Waals surface area contributed by atoms with E-state index in [2.05, 4.69) is 25.8 Å². The van der Waals surface area contributed by atoms with Crippen molar-refractivity contribution in [2.24, 2.45) is 0 Å². The molecule has 11 heavy (non-hydrogen) atoms. The normalized spacial score (nSPS) is 27.3. The Bertz CT molecular complexity index is 127. The molecular weight excluding hydrogens is 140 g/mol. The van der Waals surface area contributed by atoms with Crippen LogP contribution in [0.25, 0.3) is 0 Å². The summed E-state index contributed by atoms with van der Waals surface area (Å²) in [5.41, 5.74) is 0. The summed E-state index contributed by atoms with van der Waals surface area (Å²) in [6.07, 6.45) is 1.09. The molecule has 0 saturated carbocycles. The van der Waals surface area contributed by atoms with Crippen LogP contribution in [0.5, 0.6) is 0 Å². The van der Waals surface area contributed by atoms with Crippen LogP contribution in [-0.2, 0) is 0 Å². The molecule has 1 N–H and O–H groups in total. The lowest BCUT2D eigenvalue weighted by Gasteiger charge is -2.27. The molecule has 1 aliphatic rings. The maximum absolute atomic E-state index is 9.14. The predicted octanol–water partition coefficient (Wildman–Crippen LogP) is 0.790. The van der Waals surface area contributed by atoms with Crippen molar-refractivity contribution >= 4 is 0 Å². The molecule has 1 heterocycles. The van der Waals surface area contributed by atoms with E-state index in [4.69, 9.17) is 5.21 Å². The van der Waals surface area contributed by atoms with Crippen molar-refractivity contribution in [2.45, 2.75) is 32.4 Å². The van der Waals surface area contributed by atoms with Crippen LogP contribution in [0, 0.1) is 0 Å². The fourth-order valence-corrected chi connectivity index (χ4v) is 1.48. The third kappa shape index (κ3) is 2.15. The summed E-state index contributed by atoms with van der Waals surface area (Å²) in [4.78, 5) is 2.32. The first-order valence-electron chi connectivity index (χ1n) is 4.27. The van der Waals surface area contributed by atoms with E-state index >= 15 is 0 Å². The number of hydrogen-bond acceptors (Lipinski definition) is 3. The van der Waals surface area contributed by atoms with Gasteiger partial charge in [-0.1, -0.05) is 0 Å². The van der Waals surface area contributed by atoms with Gasteiger partial charge >= 0.3 is 0 Å². The molecule has 0 aromatic heterocycles. The first kappa shape index (κ1) is 8.97. The zero-order chi connectivity index (χ0) is 8.43. The van der Waals surface area contributed by atoms with Gasteiger partial charge in [0.2, 0.25) is 0 Å². The van der Waals surface area contributed by atoms with Crippen molar-refractivity contribution in [2.75, 3.05) is 20.1 Å². The van der Waals surface area contributed by atoms with Gasteiger partial charge in [-0.15, -0.1) is 0 Å². The highest BCUT2D eigenvalue weighted by Crippen LogP contribution is 2.13. The van der Waals surface area contributed by atoms with Gasteiger partial charge in [0.1, 0.15) is 0 Å². The largest absolute Gasteiger partial charge is 0.314 e. The summed E-state index contributed by atoms with van der Waals surface area (Å²) >= 11 is 0. The molecule has 3 heteroatoms. The molecule has 0 aromatic carbocycles. The highest BCUT2D eigenvalue weighted by molar-refractivity contribution is 4.79. The predicted molar refractivity (Wildman–Crippen MR) is 44.7 cm³/mol. The standard InChI is InChI=1S/C8H18N2O/c1-7(2)9(3)8-4-5-10(11)6-8/h7-8,11H,4-6H2,1-3H3. The van der Waals surface area contributed by atoms with Crippen LogP contribution in [0.2, 0.25) is 0 Å². The van der Waals surface area contributed by atoms with Crippen LogP contribution in [0.1, 0.15) is 20.3 Å². The lowest BCUT2D eigenvalue weighted by atomic mass is 10.2. The quantitative estimate of drug-likeness (QED) is 0.643. The van der Waals surface area contributed by atoms with Crippen LogP contribution in [0.15, 0.2) is 0 Å². The maximum Gasteiger partial charge on any atom is 0.0394 e. The monoisotopic (exact) mass is 158 g/mol. The van der Waals surface area contributed by atoms with Gasteiger partial charge in [-0.05, 0) is 27.3 Å². The molecule has 1 aliphatic heterocycles. The van der Waals surface area contributed by atoms with Gasteiger partial charge in [-0.2, -0.15) is 5.06 Å². The molecule has 0 amide bonds. The zero-order valence-corrected chi connectivity index (χ0v) is 7.62. The van der Waals surface area contributed by atoms with Gasteiger partial charge in [-0.25, -0.2) is 0 Å². The van der Waals surface area contributed by atoms with Crippen LogP contribution in [0.4, 0.5) is 0 Å². The fourth-order valence-electron chi connectivity index (χ4n) is 1.48. The molecule has 1 rings (SSSR count). The Morgan fingerprint density at radius 2 is 2.18 bits per heavy atom. The van der Waals surface area contributed by atoms with E-state index in [9.17, 15) is 0 Å². The molecule has 1 saturated heterocycles. The lowest BCUT2D eigenvalue weighted by Crippen LogP contribution is -2.38. The third-order valence-electron chi connectivity index (χ3n) is 2.53.